The van der Waals surface area contributed by atoms with Crippen molar-refractivity contribution in [3.8, 4) is 11.5 Å². The molecule has 36 heavy (non-hydrogen) atoms. The Bertz CT molecular complexity index is 1140. The standard InChI is InChI=1S/C28H34N2O6/c1-18(2)19-5-7-20(8-6-19)25-24(26(32)22-10-9-21(35-3)17-23(22)31)27(33)28(34)30(25)12-4-11-29-13-15-36-16-14-29/h5-10,17-18,25,31-32H,4,11-16H2,1-3H3/b26-24+. The number of aliphatic hydroxyl groups excluding tert-OH is 1. The number of phenols is 1. The van der Waals surface area contributed by atoms with Crippen LogP contribution in [0, 0.1) is 0 Å². The third-order valence-electron chi connectivity index (χ3n) is 6.90. The second kappa shape index (κ2) is 11.1. The lowest BCUT2D eigenvalue weighted by molar-refractivity contribution is -0.140. The Labute approximate surface area is 211 Å². The van der Waals surface area contributed by atoms with Crippen LogP contribution in [0.15, 0.2) is 48.0 Å². The van der Waals surface area contributed by atoms with Crippen LogP contribution in [-0.4, -0.2) is 78.2 Å². The molecule has 1 atom stereocenters. The molecular weight excluding hydrogens is 460 g/mol. The largest absolute Gasteiger partial charge is 0.507 e. The van der Waals surface area contributed by atoms with Gasteiger partial charge in [-0.3, -0.25) is 14.5 Å². The number of carbonyl (C=O) groups excluding carboxylic acids is 2. The van der Waals surface area contributed by atoms with E-state index in [0.29, 0.717) is 37.8 Å². The van der Waals surface area contributed by atoms with Crippen molar-refractivity contribution in [2.75, 3.05) is 46.5 Å². The summed E-state index contributed by atoms with van der Waals surface area (Å²) >= 11 is 0. The van der Waals surface area contributed by atoms with Gasteiger partial charge in [0.25, 0.3) is 11.7 Å². The lowest BCUT2D eigenvalue weighted by Crippen LogP contribution is -2.38. The second-order valence-corrected chi connectivity index (χ2v) is 9.50. The molecule has 2 aromatic carbocycles. The number of morpholine rings is 1. The van der Waals surface area contributed by atoms with Gasteiger partial charge in [0.2, 0.25) is 0 Å². The van der Waals surface area contributed by atoms with Gasteiger partial charge < -0.3 is 24.6 Å². The fourth-order valence-corrected chi connectivity index (χ4v) is 4.79. The van der Waals surface area contributed by atoms with Crippen LogP contribution in [0.1, 0.15) is 48.9 Å². The van der Waals surface area contributed by atoms with E-state index < -0.39 is 23.5 Å². The van der Waals surface area contributed by atoms with Crippen LogP contribution >= 0.6 is 0 Å². The number of rotatable bonds is 8. The molecule has 0 aromatic heterocycles. The Kier molecular flexibility index (Phi) is 7.96. The quantitative estimate of drug-likeness (QED) is 0.328. The number of methoxy groups -OCH3 is 1. The Morgan fingerprint density at radius 1 is 1.08 bits per heavy atom. The van der Waals surface area contributed by atoms with Crippen molar-refractivity contribution in [1.82, 2.24) is 9.80 Å². The number of likely N-dealkylation sites (tertiary alicyclic amines) is 1. The highest BCUT2D eigenvalue weighted by Gasteiger charge is 2.46. The summed E-state index contributed by atoms with van der Waals surface area (Å²) in [6, 6.07) is 11.5. The van der Waals surface area contributed by atoms with Crippen LogP contribution in [0.4, 0.5) is 0 Å². The van der Waals surface area contributed by atoms with E-state index in [1.165, 1.54) is 19.2 Å². The zero-order valence-corrected chi connectivity index (χ0v) is 21.1. The number of Topliss-reactive ketones (excluding diaryl/α,β-unsaturated/α-hetero) is 1. The molecule has 0 radical (unpaired) electrons. The number of phenolic OH excluding ortho intramolecular Hbond substituents is 1. The monoisotopic (exact) mass is 494 g/mol. The first-order chi connectivity index (χ1) is 17.3. The zero-order chi connectivity index (χ0) is 25.8. The highest BCUT2D eigenvalue weighted by atomic mass is 16.5. The van der Waals surface area contributed by atoms with Crippen molar-refractivity contribution in [3.05, 3.63) is 64.7 Å². The number of hydrogen-bond donors (Lipinski definition) is 2. The SMILES string of the molecule is COc1ccc(/C(O)=C2\C(=O)C(=O)N(CCCN3CCOCC3)C2c2ccc(C(C)C)cc2)c(O)c1. The molecule has 4 rings (SSSR count). The van der Waals surface area contributed by atoms with E-state index in [4.69, 9.17) is 9.47 Å². The molecule has 2 saturated heterocycles. The van der Waals surface area contributed by atoms with Gasteiger partial charge in [0.15, 0.2) is 0 Å². The fraction of sp³-hybridized carbons (Fsp3) is 0.429. The summed E-state index contributed by atoms with van der Waals surface area (Å²) in [5.41, 5.74) is 1.92. The van der Waals surface area contributed by atoms with E-state index >= 15 is 0 Å². The molecule has 0 saturated carbocycles. The topological polar surface area (TPSA) is 99.5 Å². The number of aromatic hydroxyl groups is 1. The molecule has 2 fully saturated rings. The minimum Gasteiger partial charge on any atom is -0.507 e. The summed E-state index contributed by atoms with van der Waals surface area (Å²) in [6.07, 6.45) is 0.682. The Morgan fingerprint density at radius 3 is 2.39 bits per heavy atom. The van der Waals surface area contributed by atoms with Gasteiger partial charge in [-0.05, 0) is 35.6 Å². The average Bonchev–Trinajstić information content (AvgIpc) is 3.14. The smallest absolute Gasteiger partial charge is 0.295 e. The molecule has 8 heteroatoms. The van der Waals surface area contributed by atoms with Crippen molar-refractivity contribution < 1.29 is 29.3 Å². The van der Waals surface area contributed by atoms with Gasteiger partial charge in [0, 0.05) is 32.2 Å². The Hall–Kier alpha value is -3.36. The van der Waals surface area contributed by atoms with Crippen LogP contribution in [0.2, 0.25) is 0 Å². The molecule has 2 N–H and O–H groups in total. The van der Waals surface area contributed by atoms with E-state index in [1.54, 1.807) is 11.0 Å². The van der Waals surface area contributed by atoms with Crippen LogP contribution in [0.3, 0.4) is 0 Å². The van der Waals surface area contributed by atoms with Gasteiger partial charge in [0.05, 0.1) is 37.5 Å². The van der Waals surface area contributed by atoms with Crippen LogP contribution in [-0.2, 0) is 14.3 Å². The third-order valence-corrected chi connectivity index (χ3v) is 6.90. The molecule has 2 heterocycles. The van der Waals surface area contributed by atoms with Gasteiger partial charge in [-0.25, -0.2) is 0 Å². The molecule has 0 bridgehead atoms. The van der Waals surface area contributed by atoms with Crippen molar-refractivity contribution in [2.24, 2.45) is 0 Å². The van der Waals surface area contributed by atoms with Crippen molar-refractivity contribution >= 4 is 17.4 Å². The number of ketones is 1. The molecule has 192 valence electrons. The molecule has 2 aliphatic rings. The lowest BCUT2D eigenvalue weighted by atomic mass is 9.93. The molecule has 0 spiro atoms. The number of hydrogen-bond acceptors (Lipinski definition) is 7. The number of benzene rings is 2. The number of carbonyl (C=O) groups is 2. The van der Waals surface area contributed by atoms with Crippen molar-refractivity contribution in [3.63, 3.8) is 0 Å². The summed E-state index contributed by atoms with van der Waals surface area (Å²) < 4.78 is 10.5. The highest BCUT2D eigenvalue weighted by Crippen LogP contribution is 2.41. The van der Waals surface area contributed by atoms with E-state index in [2.05, 4.69) is 18.7 Å². The summed E-state index contributed by atoms with van der Waals surface area (Å²) in [7, 11) is 1.47. The number of ether oxygens (including phenoxy) is 2. The van der Waals surface area contributed by atoms with Crippen LogP contribution < -0.4 is 4.74 Å². The van der Waals surface area contributed by atoms with Gasteiger partial charge in [-0.1, -0.05) is 38.1 Å². The first kappa shape index (κ1) is 25.7. The number of aliphatic hydroxyl groups is 1. The average molecular weight is 495 g/mol. The van der Waals surface area contributed by atoms with Gasteiger partial charge >= 0.3 is 0 Å². The Morgan fingerprint density at radius 2 is 1.78 bits per heavy atom. The van der Waals surface area contributed by atoms with Crippen LogP contribution in [0.5, 0.6) is 11.5 Å². The highest BCUT2D eigenvalue weighted by molar-refractivity contribution is 6.46. The molecular formula is C28H34N2O6. The van der Waals surface area contributed by atoms with E-state index in [1.807, 2.05) is 24.3 Å². The summed E-state index contributed by atoms with van der Waals surface area (Å²) in [5.74, 6) is -1.30. The molecule has 1 unspecified atom stereocenters. The minimum absolute atomic E-state index is 0.0239. The fourth-order valence-electron chi connectivity index (χ4n) is 4.79. The van der Waals surface area contributed by atoms with Crippen molar-refractivity contribution in [2.45, 2.75) is 32.2 Å². The maximum atomic E-state index is 13.2. The first-order valence-corrected chi connectivity index (χ1v) is 12.4. The molecule has 0 aliphatic carbocycles. The van der Waals surface area contributed by atoms with Crippen LogP contribution in [0.25, 0.3) is 5.76 Å². The molecule has 8 nitrogen and oxygen atoms in total. The van der Waals surface area contributed by atoms with E-state index in [-0.39, 0.29) is 16.9 Å². The number of nitrogens with zero attached hydrogens (tertiary/aromatic N) is 2. The Balaban J connectivity index is 1.70. The predicted molar refractivity (Wildman–Crippen MR) is 136 cm³/mol. The number of amides is 1. The normalized spacial score (nSPS) is 20.3. The predicted octanol–water partition coefficient (Wildman–Crippen LogP) is 3.67. The van der Waals surface area contributed by atoms with Gasteiger partial charge in [-0.2, -0.15) is 0 Å². The molecule has 2 aliphatic heterocycles. The summed E-state index contributed by atoms with van der Waals surface area (Å²) in [6.45, 7) is 8.41. The maximum absolute atomic E-state index is 13.2. The van der Waals surface area contributed by atoms with E-state index in [9.17, 15) is 19.8 Å². The molecule has 1 amide bonds. The first-order valence-electron chi connectivity index (χ1n) is 12.4. The third kappa shape index (κ3) is 5.24. The minimum atomic E-state index is -0.757. The van der Waals surface area contributed by atoms with E-state index in [0.717, 1.165) is 30.8 Å². The zero-order valence-electron chi connectivity index (χ0n) is 21.1. The van der Waals surface area contributed by atoms with Gasteiger partial charge in [0.1, 0.15) is 17.3 Å². The summed E-state index contributed by atoms with van der Waals surface area (Å²) in [4.78, 5) is 30.3. The second-order valence-electron chi connectivity index (χ2n) is 9.50. The maximum Gasteiger partial charge on any atom is 0.295 e. The summed E-state index contributed by atoms with van der Waals surface area (Å²) in [5, 5.41) is 21.7. The van der Waals surface area contributed by atoms with Gasteiger partial charge in [-0.15, -0.1) is 0 Å². The molecule has 2 aromatic rings. The van der Waals surface area contributed by atoms with Crippen molar-refractivity contribution in [1.29, 1.82) is 0 Å². The lowest BCUT2D eigenvalue weighted by Gasteiger charge is -2.29.